The van der Waals surface area contributed by atoms with Crippen LogP contribution in [-0.4, -0.2) is 23.2 Å². The molecule has 0 radical (unpaired) electrons. The van der Waals surface area contributed by atoms with Crippen LogP contribution in [0.15, 0.2) is 11.5 Å². The fourth-order valence-electron chi connectivity index (χ4n) is 1.70. The molecule has 2 heteroatoms. The molecule has 92 valence electrons. The van der Waals surface area contributed by atoms with Crippen LogP contribution in [0.2, 0.25) is 0 Å². The molecule has 0 aromatic carbocycles. The Morgan fingerprint density at radius 3 is 2.20 bits per heavy atom. The van der Waals surface area contributed by atoms with Crippen molar-refractivity contribution >= 4 is 10.9 Å². The summed E-state index contributed by atoms with van der Waals surface area (Å²) in [4.78, 5) is 1.30. The Morgan fingerprint density at radius 1 is 1.07 bits per heavy atom. The van der Waals surface area contributed by atoms with E-state index in [0.29, 0.717) is 6.61 Å². The minimum Gasteiger partial charge on any atom is -0.396 e. The van der Waals surface area contributed by atoms with Crippen molar-refractivity contribution < 1.29 is 5.11 Å². The van der Waals surface area contributed by atoms with Crippen molar-refractivity contribution in [2.24, 2.45) is 0 Å². The van der Waals surface area contributed by atoms with E-state index in [4.69, 9.17) is 5.11 Å². The third-order valence-corrected chi connectivity index (χ3v) is 5.37. The van der Waals surface area contributed by atoms with Crippen LogP contribution in [0.3, 0.4) is 0 Å². The normalized spacial score (nSPS) is 13.9. The van der Waals surface area contributed by atoms with Gasteiger partial charge in [0.15, 0.2) is 0 Å². The first-order valence-electron chi connectivity index (χ1n) is 6.23. The molecule has 0 aliphatic rings. The number of thiol groups is 1. The summed E-state index contributed by atoms with van der Waals surface area (Å²) in [5, 5.41) is 8.93. The summed E-state index contributed by atoms with van der Waals surface area (Å²) < 4.78 is 0. The summed E-state index contributed by atoms with van der Waals surface area (Å²) in [5.74, 6) is 2.23. The second-order valence-electron chi connectivity index (χ2n) is 4.21. The van der Waals surface area contributed by atoms with Crippen LogP contribution >= 0.6 is 10.9 Å². The minimum absolute atomic E-state index is 0.0887. The van der Waals surface area contributed by atoms with Gasteiger partial charge in [-0.3, -0.25) is 0 Å². The van der Waals surface area contributed by atoms with Crippen molar-refractivity contribution in [2.45, 2.75) is 52.4 Å². The standard InChI is InChI=1S/C13H28OS/c1-4-5-6-7-8-9-11-15(12-10-14)13(2)3/h14-15H,2,4-12H2,1,3H3. The Kier molecular flexibility index (Phi) is 10.6. The average molecular weight is 232 g/mol. The molecule has 1 unspecified atom stereocenters. The molecule has 1 nitrogen and oxygen atoms in total. The monoisotopic (exact) mass is 232 g/mol. The van der Waals surface area contributed by atoms with E-state index in [9.17, 15) is 0 Å². The van der Waals surface area contributed by atoms with Crippen LogP contribution < -0.4 is 0 Å². The van der Waals surface area contributed by atoms with E-state index in [0.717, 1.165) is 5.75 Å². The third kappa shape index (κ3) is 9.01. The second kappa shape index (κ2) is 10.6. The zero-order valence-corrected chi connectivity index (χ0v) is 11.4. The Balaban J connectivity index is 3.41. The molecule has 1 N–H and O–H groups in total. The number of aliphatic hydroxyl groups excluding tert-OH is 1. The van der Waals surface area contributed by atoms with Gasteiger partial charge in [0.1, 0.15) is 0 Å². The molecule has 0 amide bonds. The maximum absolute atomic E-state index is 8.93. The lowest BCUT2D eigenvalue weighted by molar-refractivity contribution is 0.322. The Labute approximate surface area is 98.3 Å². The van der Waals surface area contributed by atoms with E-state index in [2.05, 4.69) is 20.4 Å². The number of hydrogen-bond donors (Lipinski definition) is 2. The van der Waals surface area contributed by atoms with E-state index in [1.807, 2.05) is 0 Å². The molecule has 0 saturated heterocycles. The first-order valence-corrected chi connectivity index (χ1v) is 7.95. The van der Waals surface area contributed by atoms with Crippen molar-refractivity contribution in [1.82, 2.24) is 0 Å². The van der Waals surface area contributed by atoms with Crippen molar-refractivity contribution in [3.8, 4) is 0 Å². The van der Waals surface area contributed by atoms with Gasteiger partial charge in [-0.25, -0.2) is 10.9 Å². The van der Waals surface area contributed by atoms with Gasteiger partial charge in [-0.2, -0.15) is 0 Å². The van der Waals surface area contributed by atoms with E-state index < -0.39 is 0 Å². The van der Waals surface area contributed by atoms with E-state index in [1.54, 1.807) is 0 Å². The van der Waals surface area contributed by atoms with E-state index >= 15 is 0 Å². The lowest BCUT2D eigenvalue weighted by Crippen LogP contribution is -1.99. The molecule has 0 spiro atoms. The fourth-order valence-corrected chi connectivity index (χ4v) is 3.53. The predicted molar refractivity (Wildman–Crippen MR) is 74.0 cm³/mol. The van der Waals surface area contributed by atoms with Crippen molar-refractivity contribution in [2.75, 3.05) is 18.1 Å². The van der Waals surface area contributed by atoms with Crippen molar-refractivity contribution in [1.29, 1.82) is 0 Å². The topological polar surface area (TPSA) is 20.2 Å². The highest BCUT2D eigenvalue weighted by molar-refractivity contribution is 8.20. The summed E-state index contributed by atoms with van der Waals surface area (Å²) in [6, 6.07) is 0. The smallest absolute Gasteiger partial charge is 0.0507 e. The van der Waals surface area contributed by atoms with Gasteiger partial charge in [-0.05, 0) is 24.0 Å². The zero-order valence-electron chi connectivity index (χ0n) is 10.5. The highest BCUT2D eigenvalue weighted by atomic mass is 32.2. The van der Waals surface area contributed by atoms with Gasteiger partial charge in [-0.1, -0.05) is 45.6 Å². The molecule has 0 rings (SSSR count). The molecule has 0 aliphatic heterocycles. The molecule has 0 fully saturated rings. The van der Waals surface area contributed by atoms with Gasteiger partial charge in [-0.15, -0.1) is 0 Å². The van der Waals surface area contributed by atoms with Crippen molar-refractivity contribution in [3.63, 3.8) is 0 Å². The van der Waals surface area contributed by atoms with Gasteiger partial charge >= 0.3 is 0 Å². The molecule has 0 saturated carbocycles. The van der Waals surface area contributed by atoms with Gasteiger partial charge in [0.05, 0.1) is 6.61 Å². The molecule has 0 aliphatic carbocycles. The van der Waals surface area contributed by atoms with Crippen molar-refractivity contribution in [3.05, 3.63) is 11.5 Å². The maximum Gasteiger partial charge on any atom is 0.0507 e. The Bertz CT molecular complexity index is 157. The lowest BCUT2D eigenvalue weighted by atomic mass is 10.1. The van der Waals surface area contributed by atoms with Gasteiger partial charge < -0.3 is 5.11 Å². The molecular weight excluding hydrogens is 204 g/mol. The number of hydrogen-bond acceptors (Lipinski definition) is 1. The summed E-state index contributed by atoms with van der Waals surface area (Å²) >= 11 is 0. The number of rotatable bonds is 10. The van der Waals surface area contributed by atoms with Crippen LogP contribution in [0.1, 0.15) is 52.4 Å². The predicted octanol–water partition coefficient (Wildman–Crippen LogP) is 3.87. The second-order valence-corrected chi connectivity index (χ2v) is 6.95. The van der Waals surface area contributed by atoms with Crippen LogP contribution in [-0.2, 0) is 0 Å². The molecule has 0 heterocycles. The Hall–Kier alpha value is 0.0500. The quantitative estimate of drug-likeness (QED) is 0.433. The number of allylic oxidation sites excluding steroid dienone is 1. The highest BCUT2D eigenvalue weighted by Gasteiger charge is 2.03. The van der Waals surface area contributed by atoms with Crippen LogP contribution in [0.5, 0.6) is 0 Å². The van der Waals surface area contributed by atoms with Gasteiger partial charge in [0.25, 0.3) is 0 Å². The van der Waals surface area contributed by atoms with E-state index in [-0.39, 0.29) is 10.9 Å². The average Bonchev–Trinajstić information content (AvgIpc) is 2.21. The number of unbranched alkanes of at least 4 members (excludes halogenated alkanes) is 5. The largest absolute Gasteiger partial charge is 0.396 e. The molecular formula is C13H28OS. The van der Waals surface area contributed by atoms with Crippen LogP contribution in [0.25, 0.3) is 0 Å². The lowest BCUT2D eigenvalue weighted by Gasteiger charge is -2.20. The zero-order chi connectivity index (χ0) is 11.5. The summed E-state index contributed by atoms with van der Waals surface area (Å²) in [5.41, 5.74) is 0. The molecule has 0 bridgehead atoms. The molecule has 0 aromatic heterocycles. The first kappa shape index (κ1) is 15.0. The summed E-state index contributed by atoms with van der Waals surface area (Å²) in [7, 11) is -0.0887. The highest BCUT2D eigenvalue weighted by Crippen LogP contribution is 2.34. The van der Waals surface area contributed by atoms with Gasteiger partial charge in [0.2, 0.25) is 0 Å². The SMILES string of the molecule is C=C(C)[SH](CCO)CCCCCCCC. The van der Waals surface area contributed by atoms with Crippen LogP contribution in [0.4, 0.5) is 0 Å². The third-order valence-electron chi connectivity index (χ3n) is 2.69. The fraction of sp³-hybridized carbons (Fsp3) is 0.846. The first-order chi connectivity index (χ1) is 7.22. The minimum atomic E-state index is -0.0887. The molecule has 15 heavy (non-hydrogen) atoms. The Morgan fingerprint density at radius 2 is 1.67 bits per heavy atom. The summed E-state index contributed by atoms with van der Waals surface area (Å²) in [6.45, 7) is 8.71. The molecule has 0 aromatic rings. The number of aliphatic hydroxyl groups is 1. The van der Waals surface area contributed by atoms with Crippen LogP contribution in [0, 0.1) is 0 Å². The summed E-state index contributed by atoms with van der Waals surface area (Å²) in [6.07, 6.45) is 8.16. The molecule has 1 atom stereocenters. The maximum atomic E-state index is 8.93. The van der Waals surface area contributed by atoms with Gasteiger partial charge in [0, 0.05) is 5.75 Å². The van der Waals surface area contributed by atoms with E-state index in [1.165, 1.54) is 49.2 Å².